The van der Waals surface area contributed by atoms with E-state index >= 15 is 0 Å². The molecule has 0 radical (unpaired) electrons. The van der Waals surface area contributed by atoms with Gasteiger partial charge in [-0.2, -0.15) is 0 Å². The summed E-state index contributed by atoms with van der Waals surface area (Å²) in [5.41, 5.74) is 9.01. The van der Waals surface area contributed by atoms with Crippen molar-refractivity contribution in [2.75, 3.05) is 32.0 Å². The van der Waals surface area contributed by atoms with Crippen LogP contribution in [0.25, 0.3) is 0 Å². The number of nitrogens with zero attached hydrogens (tertiary/aromatic N) is 1. The van der Waals surface area contributed by atoms with Crippen molar-refractivity contribution in [2.24, 2.45) is 0 Å². The van der Waals surface area contributed by atoms with Crippen molar-refractivity contribution in [3.05, 3.63) is 23.3 Å². The fourth-order valence-electron chi connectivity index (χ4n) is 2.48. The predicted octanol–water partition coefficient (Wildman–Crippen LogP) is 2.75. The Kier molecular flexibility index (Phi) is 4.48. The number of hydrogen-bond donors (Lipinski definition) is 1. The quantitative estimate of drug-likeness (QED) is 0.643. The number of benzene rings is 1. The summed E-state index contributed by atoms with van der Waals surface area (Å²) in [6.07, 6.45) is 3.80. The van der Waals surface area contributed by atoms with E-state index < -0.39 is 0 Å². The Hall–Kier alpha value is -1.22. The summed E-state index contributed by atoms with van der Waals surface area (Å²) in [7, 11) is 0. The molecule has 100 valence electrons. The highest BCUT2D eigenvalue weighted by Gasteiger charge is 2.10. The smallest absolute Gasteiger partial charge is 0.124 e. The highest BCUT2D eigenvalue weighted by Crippen LogP contribution is 2.24. The highest BCUT2D eigenvalue weighted by molar-refractivity contribution is 5.54. The number of nitrogen functional groups attached to an aromatic ring is 1. The number of anilines is 1. The lowest BCUT2D eigenvalue weighted by Gasteiger charge is -2.15. The molecule has 0 aromatic heterocycles. The van der Waals surface area contributed by atoms with Crippen LogP contribution in [-0.2, 0) is 0 Å². The maximum absolute atomic E-state index is 5.91. The molecule has 0 spiro atoms. The van der Waals surface area contributed by atoms with Crippen LogP contribution in [0.3, 0.4) is 0 Å². The van der Waals surface area contributed by atoms with E-state index in [1.165, 1.54) is 31.5 Å². The SMILES string of the molecule is Cc1cc(C)c(OCCCN2CCCC2)cc1N. The molecular weight excluding hydrogens is 224 g/mol. The van der Waals surface area contributed by atoms with Crippen LogP contribution in [0.5, 0.6) is 5.75 Å². The molecule has 3 heteroatoms. The summed E-state index contributed by atoms with van der Waals surface area (Å²) in [5, 5.41) is 0. The van der Waals surface area contributed by atoms with Crippen molar-refractivity contribution in [3.63, 3.8) is 0 Å². The first-order valence-corrected chi connectivity index (χ1v) is 6.88. The first-order valence-electron chi connectivity index (χ1n) is 6.88. The first kappa shape index (κ1) is 13.2. The minimum absolute atomic E-state index is 0.778. The van der Waals surface area contributed by atoms with Crippen LogP contribution in [0.4, 0.5) is 5.69 Å². The summed E-state index contributed by atoms with van der Waals surface area (Å²) in [5.74, 6) is 0.930. The molecule has 2 rings (SSSR count). The van der Waals surface area contributed by atoms with Crippen LogP contribution in [0.1, 0.15) is 30.4 Å². The van der Waals surface area contributed by atoms with E-state index in [4.69, 9.17) is 10.5 Å². The third kappa shape index (κ3) is 3.39. The van der Waals surface area contributed by atoms with Crippen molar-refractivity contribution < 1.29 is 4.74 Å². The van der Waals surface area contributed by atoms with Gasteiger partial charge in [0.2, 0.25) is 0 Å². The molecule has 1 fully saturated rings. The Morgan fingerprint density at radius 2 is 1.89 bits per heavy atom. The zero-order valence-electron chi connectivity index (χ0n) is 11.5. The molecule has 0 aliphatic carbocycles. The van der Waals surface area contributed by atoms with E-state index in [9.17, 15) is 0 Å². The molecule has 1 heterocycles. The second-order valence-corrected chi connectivity index (χ2v) is 5.23. The molecule has 1 aliphatic rings. The van der Waals surface area contributed by atoms with Crippen molar-refractivity contribution in [3.8, 4) is 5.75 Å². The molecular formula is C15H24N2O. The van der Waals surface area contributed by atoms with E-state index in [0.717, 1.165) is 36.6 Å². The topological polar surface area (TPSA) is 38.5 Å². The van der Waals surface area contributed by atoms with Gasteiger partial charge in [0.25, 0.3) is 0 Å². The van der Waals surface area contributed by atoms with Gasteiger partial charge >= 0.3 is 0 Å². The Balaban J connectivity index is 1.77. The van der Waals surface area contributed by atoms with Crippen LogP contribution in [-0.4, -0.2) is 31.1 Å². The molecule has 0 saturated carbocycles. The minimum Gasteiger partial charge on any atom is -0.493 e. The van der Waals surface area contributed by atoms with E-state index in [1.807, 2.05) is 13.0 Å². The normalized spacial score (nSPS) is 16.1. The molecule has 0 unspecified atom stereocenters. The van der Waals surface area contributed by atoms with Crippen LogP contribution in [0, 0.1) is 13.8 Å². The van der Waals surface area contributed by atoms with E-state index in [0.29, 0.717) is 0 Å². The lowest BCUT2D eigenvalue weighted by atomic mass is 10.1. The van der Waals surface area contributed by atoms with Gasteiger partial charge in [0.05, 0.1) is 6.61 Å². The van der Waals surface area contributed by atoms with Gasteiger partial charge in [-0.05, 0) is 57.3 Å². The molecule has 18 heavy (non-hydrogen) atoms. The number of likely N-dealkylation sites (tertiary alicyclic amines) is 1. The van der Waals surface area contributed by atoms with Gasteiger partial charge in [0, 0.05) is 18.3 Å². The Bertz CT molecular complexity index is 398. The predicted molar refractivity (Wildman–Crippen MR) is 76.1 cm³/mol. The van der Waals surface area contributed by atoms with Crippen LogP contribution in [0.15, 0.2) is 12.1 Å². The van der Waals surface area contributed by atoms with Gasteiger partial charge in [-0.25, -0.2) is 0 Å². The molecule has 2 N–H and O–H groups in total. The van der Waals surface area contributed by atoms with Gasteiger partial charge in [-0.15, -0.1) is 0 Å². The highest BCUT2D eigenvalue weighted by atomic mass is 16.5. The number of rotatable bonds is 5. The maximum atomic E-state index is 5.91. The monoisotopic (exact) mass is 248 g/mol. The summed E-state index contributed by atoms with van der Waals surface area (Å²) in [6.45, 7) is 8.55. The molecule has 1 aromatic carbocycles. The Morgan fingerprint density at radius 1 is 1.17 bits per heavy atom. The lowest BCUT2D eigenvalue weighted by molar-refractivity contribution is 0.262. The van der Waals surface area contributed by atoms with Crippen LogP contribution >= 0.6 is 0 Å². The number of nitrogens with two attached hydrogens (primary N) is 1. The molecule has 0 atom stereocenters. The standard InChI is InChI=1S/C15H24N2O/c1-12-10-13(2)15(11-14(12)16)18-9-5-8-17-6-3-4-7-17/h10-11H,3-9,16H2,1-2H3. The zero-order chi connectivity index (χ0) is 13.0. The van der Waals surface area contributed by atoms with E-state index in [1.54, 1.807) is 0 Å². The summed E-state index contributed by atoms with van der Waals surface area (Å²) < 4.78 is 5.83. The van der Waals surface area contributed by atoms with E-state index in [-0.39, 0.29) is 0 Å². The summed E-state index contributed by atoms with van der Waals surface area (Å²) in [6, 6.07) is 4.03. The zero-order valence-corrected chi connectivity index (χ0v) is 11.5. The van der Waals surface area contributed by atoms with Gasteiger partial charge in [0.15, 0.2) is 0 Å². The van der Waals surface area contributed by atoms with Gasteiger partial charge in [0.1, 0.15) is 5.75 Å². The molecule has 0 bridgehead atoms. The first-order chi connectivity index (χ1) is 8.66. The van der Waals surface area contributed by atoms with Crippen LogP contribution < -0.4 is 10.5 Å². The summed E-state index contributed by atoms with van der Waals surface area (Å²) in [4.78, 5) is 2.51. The van der Waals surface area contributed by atoms with Crippen molar-refractivity contribution in [1.82, 2.24) is 4.90 Å². The molecule has 1 aliphatic heterocycles. The Labute approximate surface area is 110 Å². The third-order valence-corrected chi connectivity index (χ3v) is 3.64. The molecule has 0 amide bonds. The largest absolute Gasteiger partial charge is 0.493 e. The second kappa shape index (κ2) is 6.10. The van der Waals surface area contributed by atoms with Gasteiger partial charge in [-0.1, -0.05) is 6.07 Å². The minimum atomic E-state index is 0.778. The molecule has 1 aromatic rings. The van der Waals surface area contributed by atoms with Gasteiger partial charge < -0.3 is 15.4 Å². The lowest BCUT2D eigenvalue weighted by Crippen LogP contribution is -2.22. The van der Waals surface area contributed by atoms with Crippen molar-refractivity contribution in [1.29, 1.82) is 0 Å². The second-order valence-electron chi connectivity index (χ2n) is 5.23. The molecule has 3 nitrogen and oxygen atoms in total. The van der Waals surface area contributed by atoms with Crippen LogP contribution in [0.2, 0.25) is 0 Å². The van der Waals surface area contributed by atoms with Crippen molar-refractivity contribution >= 4 is 5.69 Å². The molecule has 1 saturated heterocycles. The van der Waals surface area contributed by atoms with Crippen molar-refractivity contribution in [2.45, 2.75) is 33.1 Å². The fraction of sp³-hybridized carbons (Fsp3) is 0.600. The Morgan fingerprint density at radius 3 is 2.61 bits per heavy atom. The van der Waals surface area contributed by atoms with E-state index in [2.05, 4.69) is 17.9 Å². The average molecular weight is 248 g/mol. The third-order valence-electron chi connectivity index (χ3n) is 3.64. The average Bonchev–Trinajstić information content (AvgIpc) is 2.84. The number of hydrogen-bond acceptors (Lipinski definition) is 3. The maximum Gasteiger partial charge on any atom is 0.124 e. The number of aryl methyl sites for hydroxylation is 2. The summed E-state index contributed by atoms with van der Waals surface area (Å²) >= 11 is 0. The number of ether oxygens (including phenoxy) is 1. The van der Waals surface area contributed by atoms with Gasteiger partial charge in [-0.3, -0.25) is 0 Å². The fourth-order valence-corrected chi connectivity index (χ4v) is 2.48.